The molecule has 1 spiro atoms. The Labute approximate surface area is 121 Å². The van der Waals surface area contributed by atoms with Crippen molar-refractivity contribution in [2.24, 2.45) is 0 Å². The van der Waals surface area contributed by atoms with E-state index in [-0.39, 0.29) is 11.7 Å². The van der Waals surface area contributed by atoms with Gasteiger partial charge in [-0.05, 0) is 37.0 Å². The number of rotatable bonds is 3. The highest BCUT2D eigenvalue weighted by Gasteiger charge is 2.39. The molecule has 0 radical (unpaired) electrons. The lowest BCUT2D eigenvalue weighted by Gasteiger charge is -2.43. The monoisotopic (exact) mass is 276 g/mol. The number of hydrogen-bond acceptors (Lipinski definition) is 3. The van der Waals surface area contributed by atoms with Gasteiger partial charge < -0.3 is 14.2 Å². The Morgan fingerprint density at radius 2 is 2.10 bits per heavy atom. The Hall–Kier alpha value is -1.06. The highest BCUT2D eigenvalue weighted by atomic mass is 16.5. The minimum absolute atomic E-state index is 0.00351. The molecule has 1 unspecified atom stereocenters. The summed E-state index contributed by atoms with van der Waals surface area (Å²) in [5, 5.41) is 0. The second kappa shape index (κ2) is 6.15. The van der Waals surface area contributed by atoms with Crippen LogP contribution in [0.3, 0.4) is 0 Å². The van der Waals surface area contributed by atoms with Crippen LogP contribution < -0.4 is 4.74 Å². The summed E-state index contributed by atoms with van der Waals surface area (Å²) in [6, 6.07) is 8.45. The molecule has 0 bridgehead atoms. The molecule has 2 heterocycles. The summed E-state index contributed by atoms with van der Waals surface area (Å²) >= 11 is 0. The molecule has 0 amide bonds. The molecule has 3 nitrogen and oxygen atoms in total. The molecule has 2 aliphatic rings. The van der Waals surface area contributed by atoms with Gasteiger partial charge in [-0.15, -0.1) is 0 Å². The predicted octanol–water partition coefficient (Wildman–Crippen LogP) is 3.36. The van der Waals surface area contributed by atoms with E-state index < -0.39 is 0 Å². The van der Waals surface area contributed by atoms with Crippen molar-refractivity contribution < 1.29 is 14.2 Å². The molecular formula is C17H24O3. The van der Waals surface area contributed by atoms with Crippen LogP contribution in [0.4, 0.5) is 0 Å². The molecule has 0 N–H and O–H groups in total. The average Bonchev–Trinajstić information content (AvgIpc) is 2.48. The highest BCUT2D eigenvalue weighted by molar-refractivity contribution is 5.28. The van der Waals surface area contributed by atoms with Gasteiger partial charge in [0.25, 0.3) is 0 Å². The van der Waals surface area contributed by atoms with Gasteiger partial charge in [0.1, 0.15) is 11.9 Å². The minimum Gasteiger partial charge on any atom is -0.490 e. The lowest BCUT2D eigenvalue weighted by atomic mass is 9.85. The zero-order chi connectivity index (χ0) is 13.8. The maximum absolute atomic E-state index is 6.20. The van der Waals surface area contributed by atoms with Crippen molar-refractivity contribution in [1.29, 1.82) is 0 Å². The second-order valence-corrected chi connectivity index (χ2v) is 5.88. The molecule has 0 saturated carbocycles. The smallest absolute Gasteiger partial charge is 0.119 e. The lowest BCUT2D eigenvalue weighted by molar-refractivity contribution is -0.155. The Morgan fingerprint density at radius 1 is 1.25 bits per heavy atom. The molecule has 20 heavy (non-hydrogen) atoms. The molecule has 2 fully saturated rings. The fraction of sp³-hybridized carbons (Fsp3) is 0.647. The van der Waals surface area contributed by atoms with E-state index in [0.717, 1.165) is 57.7 Å². The fourth-order valence-corrected chi connectivity index (χ4v) is 3.21. The van der Waals surface area contributed by atoms with Gasteiger partial charge in [-0.3, -0.25) is 0 Å². The largest absolute Gasteiger partial charge is 0.490 e. The molecule has 0 aliphatic carbocycles. The van der Waals surface area contributed by atoms with E-state index in [1.807, 2.05) is 0 Å². The Morgan fingerprint density at radius 3 is 2.90 bits per heavy atom. The van der Waals surface area contributed by atoms with Crippen LogP contribution in [-0.2, 0) is 15.9 Å². The first-order valence-corrected chi connectivity index (χ1v) is 7.77. The molecule has 2 saturated heterocycles. The molecule has 1 aromatic carbocycles. The summed E-state index contributed by atoms with van der Waals surface area (Å²) in [7, 11) is 0. The summed E-state index contributed by atoms with van der Waals surface area (Å²) in [4.78, 5) is 0. The molecule has 1 aromatic rings. The summed E-state index contributed by atoms with van der Waals surface area (Å²) < 4.78 is 17.7. The third-order valence-corrected chi connectivity index (χ3v) is 4.46. The van der Waals surface area contributed by atoms with Crippen molar-refractivity contribution in [2.75, 3.05) is 19.8 Å². The van der Waals surface area contributed by atoms with Crippen LogP contribution in [0.25, 0.3) is 0 Å². The molecular weight excluding hydrogens is 252 g/mol. The van der Waals surface area contributed by atoms with Gasteiger partial charge in [-0.2, -0.15) is 0 Å². The Bertz CT molecular complexity index is 432. The first-order chi connectivity index (χ1) is 9.80. The zero-order valence-electron chi connectivity index (χ0n) is 12.3. The zero-order valence-corrected chi connectivity index (χ0v) is 12.3. The maximum atomic E-state index is 6.20. The van der Waals surface area contributed by atoms with Gasteiger partial charge >= 0.3 is 0 Å². The average molecular weight is 276 g/mol. The van der Waals surface area contributed by atoms with E-state index in [4.69, 9.17) is 14.2 Å². The summed E-state index contributed by atoms with van der Waals surface area (Å²) in [5.74, 6) is 0.999. The first kappa shape index (κ1) is 13.9. The minimum atomic E-state index is 0.00351. The molecule has 3 heteroatoms. The van der Waals surface area contributed by atoms with E-state index in [1.54, 1.807) is 0 Å². The molecule has 2 aliphatic heterocycles. The first-order valence-electron chi connectivity index (χ1n) is 7.77. The number of benzene rings is 1. The van der Waals surface area contributed by atoms with Crippen molar-refractivity contribution in [2.45, 2.75) is 50.7 Å². The molecule has 110 valence electrons. The predicted molar refractivity (Wildman–Crippen MR) is 78.2 cm³/mol. The summed E-state index contributed by atoms with van der Waals surface area (Å²) in [5.41, 5.74) is 1.33. The second-order valence-electron chi connectivity index (χ2n) is 5.88. The number of hydrogen-bond donors (Lipinski definition) is 0. The van der Waals surface area contributed by atoms with Crippen LogP contribution in [0.2, 0.25) is 0 Å². The number of ether oxygens (including phenoxy) is 3. The SMILES string of the molecule is CCc1cccc(OC2CCOC3(CCOCC3)C2)c1. The van der Waals surface area contributed by atoms with Crippen LogP contribution in [0.5, 0.6) is 5.75 Å². The Balaban J connectivity index is 1.64. The van der Waals surface area contributed by atoms with Crippen LogP contribution in [-0.4, -0.2) is 31.5 Å². The standard InChI is InChI=1S/C17H24O3/c1-2-14-4-3-5-15(12-14)20-16-6-9-19-17(13-16)7-10-18-11-8-17/h3-5,12,16H,2,6-11,13H2,1H3. The van der Waals surface area contributed by atoms with Crippen molar-refractivity contribution in [3.63, 3.8) is 0 Å². The molecule has 0 aromatic heterocycles. The normalized spacial score (nSPS) is 25.6. The van der Waals surface area contributed by atoms with Gasteiger partial charge in [0.2, 0.25) is 0 Å². The number of aryl methyl sites for hydroxylation is 1. The molecule has 3 rings (SSSR count). The van der Waals surface area contributed by atoms with E-state index in [1.165, 1.54) is 5.56 Å². The van der Waals surface area contributed by atoms with Crippen LogP contribution in [0, 0.1) is 0 Å². The fourth-order valence-electron chi connectivity index (χ4n) is 3.21. The summed E-state index contributed by atoms with van der Waals surface area (Å²) in [6.45, 7) is 4.61. The van der Waals surface area contributed by atoms with Gasteiger partial charge in [-0.25, -0.2) is 0 Å². The van der Waals surface area contributed by atoms with E-state index in [9.17, 15) is 0 Å². The van der Waals surface area contributed by atoms with E-state index >= 15 is 0 Å². The van der Waals surface area contributed by atoms with Gasteiger partial charge in [0.05, 0.1) is 12.2 Å². The van der Waals surface area contributed by atoms with Gasteiger partial charge in [-0.1, -0.05) is 19.1 Å². The van der Waals surface area contributed by atoms with Crippen molar-refractivity contribution in [1.82, 2.24) is 0 Å². The van der Waals surface area contributed by atoms with E-state index in [0.29, 0.717) is 0 Å². The Kier molecular flexibility index (Phi) is 4.27. The molecule has 1 atom stereocenters. The van der Waals surface area contributed by atoms with Gasteiger partial charge in [0, 0.05) is 26.1 Å². The topological polar surface area (TPSA) is 27.7 Å². The van der Waals surface area contributed by atoms with Crippen molar-refractivity contribution in [3.05, 3.63) is 29.8 Å². The quantitative estimate of drug-likeness (QED) is 0.847. The van der Waals surface area contributed by atoms with Crippen LogP contribution >= 0.6 is 0 Å². The van der Waals surface area contributed by atoms with E-state index in [2.05, 4.69) is 31.2 Å². The van der Waals surface area contributed by atoms with Crippen LogP contribution in [0.15, 0.2) is 24.3 Å². The van der Waals surface area contributed by atoms with Gasteiger partial charge in [0.15, 0.2) is 0 Å². The van der Waals surface area contributed by atoms with Crippen molar-refractivity contribution >= 4 is 0 Å². The lowest BCUT2D eigenvalue weighted by Crippen LogP contribution is -2.47. The third-order valence-electron chi connectivity index (χ3n) is 4.46. The third kappa shape index (κ3) is 3.15. The van der Waals surface area contributed by atoms with Crippen molar-refractivity contribution in [3.8, 4) is 5.75 Å². The summed E-state index contributed by atoms with van der Waals surface area (Å²) in [6.07, 6.45) is 5.30. The maximum Gasteiger partial charge on any atom is 0.119 e. The van der Waals surface area contributed by atoms with Crippen LogP contribution in [0.1, 0.15) is 38.2 Å². The highest BCUT2D eigenvalue weighted by Crippen LogP contribution is 2.35.